The summed E-state index contributed by atoms with van der Waals surface area (Å²) in [5, 5.41) is 11.1. The standard InChI is InChI=1S/C18H26N4O3S/c1-12(2)8-9-19-17-6-7-18(21-20-17)22-26(23,24)16-11-14(4)13(3)10-15(16)25-5/h6-7,10-12H,8-9H2,1-5H3,(H,19,20)(H,21,22). The molecule has 1 heterocycles. The zero-order valence-electron chi connectivity index (χ0n) is 15.8. The molecule has 1 aromatic carbocycles. The number of hydrogen-bond acceptors (Lipinski definition) is 6. The average molecular weight is 378 g/mol. The van der Waals surface area contributed by atoms with Crippen molar-refractivity contribution >= 4 is 21.7 Å². The van der Waals surface area contributed by atoms with Crippen molar-refractivity contribution in [3.8, 4) is 5.75 Å². The second kappa shape index (κ2) is 8.35. The molecule has 0 aliphatic heterocycles. The third-order valence-electron chi connectivity index (χ3n) is 4.00. The van der Waals surface area contributed by atoms with Gasteiger partial charge in [-0.1, -0.05) is 13.8 Å². The van der Waals surface area contributed by atoms with Crippen LogP contribution in [0.15, 0.2) is 29.2 Å². The Labute approximate surface area is 155 Å². The van der Waals surface area contributed by atoms with E-state index in [2.05, 4.69) is 34.1 Å². The first-order valence-electron chi connectivity index (χ1n) is 8.48. The summed E-state index contributed by atoms with van der Waals surface area (Å²) in [6.07, 6.45) is 1.02. The van der Waals surface area contributed by atoms with Crippen molar-refractivity contribution < 1.29 is 13.2 Å². The largest absolute Gasteiger partial charge is 0.495 e. The van der Waals surface area contributed by atoms with Crippen LogP contribution in [0.5, 0.6) is 5.75 Å². The molecular formula is C18H26N4O3S. The van der Waals surface area contributed by atoms with Gasteiger partial charge in [0.15, 0.2) is 5.82 Å². The first kappa shape index (κ1) is 20.0. The van der Waals surface area contributed by atoms with Crippen LogP contribution >= 0.6 is 0 Å². The molecule has 7 nitrogen and oxygen atoms in total. The van der Waals surface area contributed by atoms with Crippen molar-refractivity contribution in [2.75, 3.05) is 23.7 Å². The topological polar surface area (TPSA) is 93.2 Å². The highest BCUT2D eigenvalue weighted by atomic mass is 32.2. The van der Waals surface area contributed by atoms with E-state index in [1.807, 2.05) is 13.8 Å². The quantitative estimate of drug-likeness (QED) is 0.732. The summed E-state index contributed by atoms with van der Waals surface area (Å²) in [7, 11) is -2.39. The van der Waals surface area contributed by atoms with Crippen LogP contribution in [0, 0.1) is 19.8 Å². The third-order valence-corrected chi connectivity index (χ3v) is 5.38. The Kier molecular flexibility index (Phi) is 6.42. The van der Waals surface area contributed by atoms with Crippen molar-refractivity contribution in [2.45, 2.75) is 39.0 Å². The van der Waals surface area contributed by atoms with Gasteiger partial charge < -0.3 is 10.1 Å². The maximum atomic E-state index is 12.7. The van der Waals surface area contributed by atoms with Gasteiger partial charge in [-0.3, -0.25) is 4.72 Å². The van der Waals surface area contributed by atoms with Gasteiger partial charge in [-0.15, -0.1) is 10.2 Å². The smallest absolute Gasteiger partial charge is 0.266 e. The second-order valence-electron chi connectivity index (χ2n) is 6.61. The lowest BCUT2D eigenvalue weighted by atomic mass is 10.1. The monoisotopic (exact) mass is 378 g/mol. The number of hydrogen-bond donors (Lipinski definition) is 2. The summed E-state index contributed by atoms with van der Waals surface area (Å²) < 4.78 is 33.1. The van der Waals surface area contributed by atoms with Crippen LogP contribution in [-0.4, -0.2) is 32.3 Å². The number of aromatic nitrogens is 2. The van der Waals surface area contributed by atoms with Crippen LogP contribution < -0.4 is 14.8 Å². The maximum Gasteiger partial charge on any atom is 0.266 e. The number of ether oxygens (including phenoxy) is 1. The summed E-state index contributed by atoms with van der Waals surface area (Å²) in [4.78, 5) is 0.0732. The number of sulfonamides is 1. The van der Waals surface area contributed by atoms with E-state index < -0.39 is 10.0 Å². The zero-order chi connectivity index (χ0) is 19.3. The predicted octanol–water partition coefficient (Wildman–Crippen LogP) is 3.36. The Morgan fingerprint density at radius 1 is 1.08 bits per heavy atom. The number of methoxy groups -OCH3 is 1. The molecule has 0 atom stereocenters. The van der Waals surface area contributed by atoms with Crippen molar-refractivity contribution in [3.05, 3.63) is 35.4 Å². The van der Waals surface area contributed by atoms with Crippen molar-refractivity contribution in [2.24, 2.45) is 5.92 Å². The third kappa shape index (κ3) is 5.08. The first-order chi connectivity index (χ1) is 12.2. The lowest BCUT2D eigenvalue weighted by molar-refractivity contribution is 0.402. The van der Waals surface area contributed by atoms with Gasteiger partial charge in [-0.2, -0.15) is 0 Å². The van der Waals surface area contributed by atoms with Crippen LogP contribution in [0.25, 0.3) is 0 Å². The first-order valence-corrected chi connectivity index (χ1v) is 9.97. The van der Waals surface area contributed by atoms with Crippen LogP contribution in [0.2, 0.25) is 0 Å². The van der Waals surface area contributed by atoms with E-state index in [0.29, 0.717) is 17.5 Å². The fourth-order valence-corrected chi connectivity index (χ4v) is 3.53. The minimum Gasteiger partial charge on any atom is -0.495 e. The molecule has 0 aliphatic rings. The average Bonchev–Trinajstić information content (AvgIpc) is 2.57. The molecule has 0 aliphatic carbocycles. The van der Waals surface area contributed by atoms with Crippen LogP contribution in [0.3, 0.4) is 0 Å². The fourth-order valence-electron chi connectivity index (χ4n) is 2.30. The lowest BCUT2D eigenvalue weighted by Gasteiger charge is -2.13. The molecule has 0 unspecified atom stereocenters. The van der Waals surface area contributed by atoms with E-state index in [9.17, 15) is 8.42 Å². The summed E-state index contributed by atoms with van der Waals surface area (Å²) in [5.41, 5.74) is 1.82. The highest BCUT2D eigenvalue weighted by Gasteiger charge is 2.21. The Morgan fingerprint density at radius 3 is 2.27 bits per heavy atom. The molecule has 0 fully saturated rings. The Morgan fingerprint density at radius 2 is 1.69 bits per heavy atom. The number of aryl methyl sites for hydroxylation is 2. The number of anilines is 2. The minimum atomic E-state index is -3.83. The van der Waals surface area contributed by atoms with E-state index in [4.69, 9.17) is 4.74 Å². The number of rotatable bonds is 8. The van der Waals surface area contributed by atoms with Gasteiger partial charge in [0.1, 0.15) is 16.5 Å². The Bertz CT molecular complexity index is 849. The van der Waals surface area contributed by atoms with Crippen molar-refractivity contribution in [1.82, 2.24) is 10.2 Å². The van der Waals surface area contributed by atoms with E-state index in [1.165, 1.54) is 7.11 Å². The molecule has 2 N–H and O–H groups in total. The highest BCUT2D eigenvalue weighted by Crippen LogP contribution is 2.28. The van der Waals surface area contributed by atoms with Crippen LogP contribution in [0.4, 0.5) is 11.6 Å². The van der Waals surface area contributed by atoms with Gasteiger partial charge in [-0.05, 0) is 61.6 Å². The van der Waals surface area contributed by atoms with Crippen LogP contribution in [-0.2, 0) is 10.0 Å². The predicted molar refractivity (Wildman–Crippen MR) is 103 cm³/mol. The molecule has 26 heavy (non-hydrogen) atoms. The molecule has 2 aromatic rings. The summed E-state index contributed by atoms with van der Waals surface area (Å²) >= 11 is 0. The van der Waals surface area contributed by atoms with Crippen LogP contribution in [0.1, 0.15) is 31.4 Å². The van der Waals surface area contributed by atoms with E-state index in [-0.39, 0.29) is 10.7 Å². The fraction of sp³-hybridized carbons (Fsp3) is 0.444. The highest BCUT2D eigenvalue weighted by molar-refractivity contribution is 7.92. The summed E-state index contributed by atoms with van der Waals surface area (Å²) in [6.45, 7) is 8.83. The zero-order valence-corrected chi connectivity index (χ0v) is 16.6. The van der Waals surface area contributed by atoms with Gasteiger partial charge in [0.2, 0.25) is 0 Å². The molecule has 8 heteroatoms. The van der Waals surface area contributed by atoms with Gasteiger partial charge in [0, 0.05) is 6.54 Å². The Balaban J connectivity index is 2.16. The molecule has 0 radical (unpaired) electrons. The Hall–Kier alpha value is -2.35. The molecule has 0 bridgehead atoms. The summed E-state index contributed by atoms with van der Waals surface area (Å²) in [6, 6.07) is 6.57. The molecule has 1 aromatic heterocycles. The summed E-state index contributed by atoms with van der Waals surface area (Å²) in [5.74, 6) is 1.65. The normalized spacial score (nSPS) is 11.5. The number of nitrogens with one attached hydrogen (secondary N) is 2. The van der Waals surface area contributed by atoms with E-state index in [0.717, 1.165) is 24.1 Å². The maximum absolute atomic E-state index is 12.7. The van der Waals surface area contributed by atoms with Crippen molar-refractivity contribution in [1.29, 1.82) is 0 Å². The number of benzene rings is 1. The second-order valence-corrected chi connectivity index (χ2v) is 8.26. The van der Waals surface area contributed by atoms with Gasteiger partial charge in [-0.25, -0.2) is 8.42 Å². The molecule has 0 saturated carbocycles. The van der Waals surface area contributed by atoms with Gasteiger partial charge >= 0.3 is 0 Å². The molecule has 0 spiro atoms. The lowest BCUT2D eigenvalue weighted by Crippen LogP contribution is -2.16. The number of nitrogens with zero attached hydrogens (tertiary/aromatic N) is 2. The van der Waals surface area contributed by atoms with E-state index in [1.54, 1.807) is 24.3 Å². The van der Waals surface area contributed by atoms with Gasteiger partial charge in [0.25, 0.3) is 10.0 Å². The van der Waals surface area contributed by atoms with E-state index >= 15 is 0 Å². The SMILES string of the molecule is COc1cc(C)c(C)cc1S(=O)(=O)Nc1ccc(NCCC(C)C)nn1. The molecule has 0 amide bonds. The minimum absolute atomic E-state index is 0.0732. The molecule has 2 rings (SSSR count). The van der Waals surface area contributed by atoms with Crippen molar-refractivity contribution in [3.63, 3.8) is 0 Å². The molecule has 142 valence electrons. The molecule has 0 saturated heterocycles. The van der Waals surface area contributed by atoms with Gasteiger partial charge in [0.05, 0.1) is 7.11 Å². The molecular weight excluding hydrogens is 352 g/mol.